The molecule has 2 amide bonds. The van der Waals surface area contributed by atoms with Crippen molar-refractivity contribution in [2.24, 2.45) is 0 Å². The Morgan fingerprint density at radius 1 is 0.659 bits per heavy atom. The molecule has 234 valence electrons. The van der Waals surface area contributed by atoms with Crippen LogP contribution in [-0.2, 0) is 26.6 Å². The Hall–Kier alpha value is -2.25. The smallest absolute Gasteiger partial charge is 0.374 e. The molecule has 41 heavy (non-hydrogen) atoms. The molecule has 1 aromatic rings. The molecule has 1 rings (SSSR count). The quantitative estimate of drug-likeness (QED) is 0.0798. The molecule has 15 heteroatoms. The maximum Gasteiger partial charge on any atom is 0.500 e. The predicted octanol–water partition coefficient (Wildman–Crippen LogP) is 3.93. The maximum absolute atomic E-state index is 12.9. The highest BCUT2D eigenvalue weighted by Gasteiger charge is 2.40. The van der Waals surface area contributed by atoms with Gasteiger partial charge < -0.3 is 37.2 Å². The van der Waals surface area contributed by atoms with Gasteiger partial charge in [0, 0.05) is 88.1 Å². The van der Waals surface area contributed by atoms with Gasteiger partial charge in [0.2, 0.25) is 0 Å². The summed E-state index contributed by atoms with van der Waals surface area (Å²) >= 11 is 0. The van der Waals surface area contributed by atoms with Gasteiger partial charge in [-0.15, -0.1) is 0 Å². The van der Waals surface area contributed by atoms with Crippen LogP contribution in [0.1, 0.15) is 75.1 Å². The number of non-ortho nitro benzene ring substituents is 1. The average Bonchev–Trinajstić information content (AvgIpc) is 2.94. The molecule has 0 saturated carbocycles. The van der Waals surface area contributed by atoms with Gasteiger partial charge in [-0.2, -0.15) is 0 Å². The van der Waals surface area contributed by atoms with E-state index in [0.29, 0.717) is 64.6 Å². The summed E-state index contributed by atoms with van der Waals surface area (Å²) < 4.78 is 34.9. The van der Waals surface area contributed by atoms with Crippen LogP contribution >= 0.6 is 0 Å². The van der Waals surface area contributed by atoms with Crippen LogP contribution < -0.4 is 10.6 Å². The van der Waals surface area contributed by atoms with E-state index >= 15 is 0 Å². The molecule has 0 aliphatic carbocycles. The Balaban J connectivity index is 2.85. The molecule has 0 fully saturated rings. The van der Waals surface area contributed by atoms with E-state index in [2.05, 4.69) is 10.6 Å². The van der Waals surface area contributed by atoms with E-state index < -0.39 is 34.3 Å². The van der Waals surface area contributed by atoms with Gasteiger partial charge in [-0.3, -0.25) is 19.7 Å². The molecule has 0 unspecified atom stereocenters. The highest BCUT2D eigenvalue weighted by atomic mass is 28.4. The molecule has 0 spiro atoms. The summed E-state index contributed by atoms with van der Waals surface area (Å²) in [5.41, 5.74) is -0.320. The zero-order valence-electron chi connectivity index (χ0n) is 25.2. The van der Waals surface area contributed by atoms with Gasteiger partial charge >= 0.3 is 17.6 Å². The maximum atomic E-state index is 12.9. The number of hydrogen-bond acceptors (Lipinski definition) is 10. The van der Waals surface area contributed by atoms with E-state index in [9.17, 15) is 19.7 Å². The molecule has 0 aromatic heterocycles. The van der Waals surface area contributed by atoms with Gasteiger partial charge in [0.05, 0.1) is 4.92 Å². The predicted molar refractivity (Wildman–Crippen MR) is 158 cm³/mol. The summed E-state index contributed by atoms with van der Waals surface area (Å²) in [6, 6.07) is 4.66. The van der Waals surface area contributed by atoms with Crippen LogP contribution in [0.2, 0.25) is 12.1 Å². The van der Waals surface area contributed by atoms with Crippen LogP contribution in [0.5, 0.6) is 0 Å². The van der Waals surface area contributed by atoms with Crippen LogP contribution in [0.15, 0.2) is 18.2 Å². The number of benzene rings is 1. The second kappa shape index (κ2) is 19.8. The Bertz CT molecular complexity index is 856. The second-order valence-corrected chi connectivity index (χ2v) is 14.2. The molecular formula is C26H47N3O10Si2. The Kier molecular flexibility index (Phi) is 17.8. The monoisotopic (exact) mass is 617 g/mol. The zero-order chi connectivity index (χ0) is 30.7. The molecule has 0 saturated heterocycles. The largest absolute Gasteiger partial charge is 0.500 e. The van der Waals surface area contributed by atoms with Crippen LogP contribution in [0.25, 0.3) is 0 Å². The minimum Gasteiger partial charge on any atom is -0.374 e. The van der Waals surface area contributed by atoms with Crippen molar-refractivity contribution in [3.05, 3.63) is 39.4 Å². The fourth-order valence-electron chi connectivity index (χ4n) is 4.20. The molecule has 0 heterocycles. The lowest BCUT2D eigenvalue weighted by Gasteiger charge is -2.28. The van der Waals surface area contributed by atoms with Gasteiger partial charge in [0.15, 0.2) is 0 Å². The Morgan fingerprint density at radius 3 is 1.24 bits per heavy atom. The number of amides is 2. The van der Waals surface area contributed by atoms with Crippen molar-refractivity contribution >= 4 is 35.1 Å². The Morgan fingerprint density at radius 2 is 0.976 bits per heavy atom. The molecule has 1 aromatic carbocycles. The molecule has 0 radical (unpaired) electrons. The van der Waals surface area contributed by atoms with Gasteiger partial charge in [0.1, 0.15) is 0 Å². The lowest BCUT2D eigenvalue weighted by molar-refractivity contribution is -0.384. The normalized spacial score (nSPS) is 11.9. The number of rotatable bonds is 23. The van der Waals surface area contributed by atoms with Crippen LogP contribution in [-0.4, -0.2) is 87.1 Å². The lowest BCUT2D eigenvalue weighted by atomic mass is 10.1. The fraction of sp³-hybridized carbons (Fsp3) is 0.692. The average molecular weight is 618 g/mol. The lowest BCUT2D eigenvalue weighted by Crippen LogP contribution is -2.46. The molecule has 0 aliphatic rings. The molecule has 0 atom stereocenters. The summed E-state index contributed by atoms with van der Waals surface area (Å²) in [5.74, 6) is -1.06. The first kappa shape index (κ1) is 36.8. The number of carbonyl (C=O) groups excluding carboxylic acids is 2. The number of nitrogens with zero attached hydrogens (tertiary/aromatic N) is 1. The van der Waals surface area contributed by atoms with E-state index in [1.54, 1.807) is 0 Å². The highest BCUT2D eigenvalue weighted by Crippen LogP contribution is 2.20. The first-order chi connectivity index (χ1) is 19.6. The van der Waals surface area contributed by atoms with Gasteiger partial charge in [0.25, 0.3) is 17.5 Å². The van der Waals surface area contributed by atoms with Crippen molar-refractivity contribution in [1.82, 2.24) is 10.6 Å². The number of nitrogens with one attached hydrogen (secondary N) is 2. The number of hydrogen-bond donors (Lipinski definition) is 2. The van der Waals surface area contributed by atoms with Crippen molar-refractivity contribution in [3.8, 4) is 0 Å². The summed E-state index contributed by atoms with van der Waals surface area (Å²) in [7, 11) is -5.70. The third-order valence-corrected chi connectivity index (χ3v) is 12.0. The zero-order valence-corrected chi connectivity index (χ0v) is 27.2. The Labute approximate surface area is 245 Å². The fourth-order valence-corrected chi connectivity index (χ4v) is 9.42. The van der Waals surface area contributed by atoms with Crippen LogP contribution in [0.4, 0.5) is 5.69 Å². The van der Waals surface area contributed by atoms with E-state index in [1.165, 1.54) is 6.07 Å². The van der Waals surface area contributed by atoms with Gasteiger partial charge in [-0.1, -0.05) is 0 Å². The van der Waals surface area contributed by atoms with Crippen molar-refractivity contribution < 1.29 is 41.1 Å². The topological polar surface area (TPSA) is 157 Å². The van der Waals surface area contributed by atoms with E-state index in [1.807, 2.05) is 41.5 Å². The standard InChI is InChI=1S/C26H47N3O10Si2/c1-7-34-40(35-8-2,36-9-3)17-13-15-27-25(30)22-19-23(21-24(20-22)29(32)33)26(31)28-16-14-18-41(37-10-4,38-11-5)39-12-6/h19-21H,7-18H2,1-6H3,(H,27,30)(H,28,31). The molecular weight excluding hydrogens is 570 g/mol. The molecule has 2 N–H and O–H groups in total. The number of carbonyl (C=O) groups is 2. The first-order valence-corrected chi connectivity index (χ1v) is 18.2. The minimum atomic E-state index is -2.85. The summed E-state index contributed by atoms with van der Waals surface area (Å²) in [6.45, 7) is 14.5. The summed E-state index contributed by atoms with van der Waals surface area (Å²) in [4.78, 5) is 36.6. The third kappa shape index (κ3) is 12.7. The highest BCUT2D eigenvalue weighted by molar-refractivity contribution is 6.61. The number of nitro benzene ring substituents is 1. The van der Waals surface area contributed by atoms with E-state index in [0.717, 1.165) is 12.1 Å². The van der Waals surface area contributed by atoms with E-state index in [4.69, 9.17) is 26.6 Å². The first-order valence-electron chi connectivity index (χ1n) is 14.3. The summed E-state index contributed by atoms with van der Waals surface area (Å²) in [6.07, 6.45) is 1.05. The molecule has 13 nitrogen and oxygen atoms in total. The number of nitro groups is 1. The van der Waals surface area contributed by atoms with Crippen LogP contribution in [0, 0.1) is 10.1 Å². The van der Waals surface area contributed by atoms with E-state index in [-0.39, 0.29) is 29.9 Å². The van der Waals surface area contributed by atoms with Crippen LogP contribution in [0.3, 0.4) is 0 Å². The van der Waals surface area contributed by atoms with Gasteiger partial charge in [-0.05, 0) is 60.5 Å². The molecule has 0 aliphatic heterocycles. The summed E-state index contributed by atoms with van der Waals surface area (Å²) in [5, 5.41) is 17.0. The van der Waals surface area contributed by atoms with Crippen molar-refractivity contribution in [3.63, 3.8) is 0 Å². The van der Waals surface area contributed by atoms with Gasteiger partial charge in [-0.25, -0.2) is 0 Å². The second-order valence-electron chi connectivity index (χ2n) is 8.71. The minimum absolute atomic E-state index is 0.0164. The third-order valence-electron chi connectivity index (χ3n) is 5.73. The SMILES string of the molecule is CCO[Si](CCCNC(=O)c1cc(C(=O)NCCC[Si](OCC)(OCC)OCC)cc([N+](=O)[O-])c1)(OCC)OCC. The molecule has 0 bridgehead atoms. The van der Waals surface area contributed by atoms with Crippen molar-refractivity contribution in [1.29, 1.82) is 0 Å². The van der Waals surface area contributed by atoms with Crippen molar-refractivity contribution in [2.75, 3.05) is 52.7 Å². The van der Waals surface area contributed by atoms with Crippen molar-refractivity contribution in [2.45, 2.75) is 66.5 Å².